The number of thioether (sulfide) groups is 1. The summed E-state index contributed by atoms with van der Waals surface area (Å²) in [7, 11) is 0. The highest BCUT2D eigenvalue weighted by atomic mass is 32.2. The minimum absolute atomic E-state index is 0.00917. The molecule has 6 nitrogen and oxygen atoms in total. The summed E-state index contributed by atoms with van der Waals surface area (Å²) in [6.07, 6.45) is 1.01. The number of aliphatic hydroxyl groups is 1. The van der Waals surface area contributed by atoms with Crippen LogP contribution in [0.4, 0.5) is 0 Å². The Labute approximate surface area is 239 Å². The first-order chi connectivity index (χ1) is 19.5. The van der Waals surface area contributed by atoms with Crippen LogP contribution in [0.1, 0.15) is 48.5 Å². The maximum Gasteiger partial charge on any atom is 0.217 e. The molecule has 1 fully saturated rings. The van der Waals surface area contributed by atoms with E-state index in [-0.39, 0.29) is 30.6 Å². The quantitative estimate of drug-likeness (QED) is 0.231. The number of aliphatic hydroxyl groups excluding tert-OH is 1. The molecule has 0 radical (unpaired) electrons. The molecule has 2 heterocycles. The van der Waals surface area contributed by atoms with E-state index in [1.807, 2.05) is 72.9 Å². The van der Waals surface area contributed by atoms with Gasteiger partial charge in [0.15, 0.2) is 6.29 Å². The van der Waals surface area contributed by atoms with Crippen molar-refractivity contribution in [1.29, 1.82) is 0 Å². The van der Waals surface area contributed by atoms with Crippen molar-refractivity contribution in [2.45, 2.75) is 50.5 Å². The number of hydrogen-bond donors (Lipinski definition) is 2. The number of ether oxygens (including phenoxy) is 2. The minimum Gasteiger partial charge on any atom is -0.392 e. The van der Waals surface area contributed by atoms with Crippen molar-refractivity contribution in [2.24, 2.45) is 5.92 Å². The zero-order chi connectivity index (χ0) is 27.9. The van der Waals surface area contributed by atoms with Crippen molar-refractivity contribution in [3.63, 3.8) is 0 Å². The normalized spacial score (nSPS) is 20.7. The lowest BCUT2D eigenvalue weighted by Gasteiger charge is -2.41. The van der Waals surface area contributed by atoms with Crippen LogP contribution in [-0.2, 0) is 27.4 Å². The van der Waals surface area contributed by atoms with Crippen LogP contribution in [0.5, 0.6) is 0 Å². The Hall–Kier alpha value is -3.49. The molecule has 1 amide bonds. The smallest absolute Gasteiger partial charge is 0.217 e. The topological polar surface area (TPSA) is 80.7 Å². The molecule has 5 rings (SSSR count). The second kappa shape index (κ2) is 13.2. The summed E-state index contributed by atoms with van der Waals surface area (Å²) < 4.78 is 13.3. The lowest BCUT2D eigenvalue weighted by atomic mass is 9.91. The molecular formula is C33H34N2O4S. The Bertz CT molecular complexity index is 1410. The second-order valence-electron chi connectivity index (χ2n) is 10.0. The van der Waals surface area contributed by atoms with E-state index in [4.69, 9.17) is 9.47 Å². The van der Waals surface area contributed by atoms with Crippen molar-refractivity contribution in [3.05, 3.63) is 119 Å². The van der Waals surface area contributed by atoms with E-state index in [2.05, 4.69) is 41.5 Å². The van der Waals surface area contributed by atoms with Crippen molar-refractivity contribution < 1.29 is 19.4 Å². The lowest BCUT2D eigenvalue weighted by molar-refractivity contribution is -0.268. The van der Waals surface area contributed by atoms with Gasteiger partial charge in [0, 0.05) is 36.9 Å². The molecule has 4 atom stereocenters. The van der Waals surface area contributed by atoms with Crippen LogP contribution in [0.15, 0.2) is 102 Å². The fraction of sp³-hybridized carbons (Fsp3) is 0.273. The first-order valence-corrected chi connectivity index (χ1v) is 14.5. The molecule has 1 aromatic heterocycles. The summed E-state index contributed by atoms with van der Waals surface area (Å²) in [5.41, 5.74) is 6.03. The summed E-state index contributed by atoms with van der Waals surface area (Å²) in [6.45, 7) is 4.19. The largest absolute Gasteiger partial charge is 0.392 e. The Balaban J connectivity index is 1.41. The number of hydrogen-bond acceptors (Lipinski definition) is 6. The van der Waals surface area contributed by atoms with Crippen LogP contribution >= 0.6 is 11.8 Å². The summed E-state index contributed by atoms with van der Waals surface area (Å²) in [4.78, 5) is 15.8. The number of amides is 1. The van der Waals surface area contributed by atoms with Crippen LogP contribution in [0.25, 0.3) is 11.1 Å². The lowest BCUT2D eigenvalue weighted by Crippen LogP contribution is -2.38. The third-order valence-corrected chi connectivity index (χ3v) is 8.15. The SMILES string of the molecule is CC(=O)NCc1cccc(-c2cccc([C@@H]3O[C@H](CSc4ccccn4)[C@H](C)[C@H](c4ccc(CO)cc4)O3)c2)c1. The Kier molecular flexibility index (Phi) is 9.29. The standard InChI is InChI=1S/C33H34N2O4S/c1-22-30(21-40-31-11-3-4-16-34-31)38-33(39-32(22)26-14-12-24(20-36)13-15-26)29-10-6-9-28(18-29)27-8-5-7-25(17-27)19-35-23(2)37/h3-18,22,30,32-33,36H,19-21H2,1-2H3,(H,35,37)/t22-,30+,32+,33+/m0/s1. The van der Waals surface area contributed by atoms with E-state index in [9.17, 15) is 9.90 Å². The van der Waals surface area contributed by atoms with Gasteiger partial charge in [-0.25, -0.2) is 4.98 Å². The number of carbonyl (C=O) groups excluding carboxylic acids is 1. The molecule has 0 unspecified atom stereocenters. The molecule has 1 saturated heterocycles. The predicted octanol–water partition coefficient (Wildman–Crippen LogP) is 6.46. The number of nitrogens with zero attached hydrogens (tertiary/aromatic N) is 1. The number of nitrogens with one attached hydrogen (secondary N) is 1. The number of benzene rings is 3. The molecular weight excluding hydrogens is 520 g/mol. The van der Waals surface area contributed by atoms with Crippen molar-refractivity contribution >= 4 is 17.7 Å². The van der Waals surface area contributed by atoms with Crippen LogP contribution in [0, 0.1) is 5.92 Å². The number of pyridine rings is 1. The fourth-order valence-corrected chi connectivity index (χ4v) is 5.89. The Morgan fingerprint density at radius 2 is 1.68 bits per heavy atom. The molecule has 7 heteroatoms. The average Bonchev–Trinajstić information content (AvgIpc) is 3.00. The van der Waals surface area contributed by atoms with Crippen LogP contribution in [0.3, 0.4) is 0 Å². The zero-order valence-corrected chi connectivity index (χ0v) is 23.5. The van der Waals surface area contributed by atoms with Crippen molar-refractivity contribution in [3.8, 4) is 11.1 Å². The number of aromatic nitrogens is 1. The molecule has 0 aliphatic carbocycles. The van der Waals surface area contributed by atoms with Crippen molar-refractivity contribution in [2.75, 3.05) is 5.75 Å². The molecule has 0 spiro atoms. The van der Waals surface area contributed by atoms with Crippen LogP contribution < -0.4 is 5.32 Å². The number of carbonyl (C=O) groups is 1. The minimum atomic E-state index is -0.546. The van der Waals surface area contributed by atoms with Gasteiger partial charge in [-0.1, -0.05) is 73.7 Å². The van der Waals surface area contributed by atoms with Gasteiger partial charge in [-0.2, -0.15) is 0 Å². The van der Waals surface area contributed by atoms with E-state index in [0.717, 1.165) is 44.2 Å². The van der Waals surface area contributed by atoms with Gasteiger partial charge >= 0.3 is 0 Å². The van der Waals surface area contributed by atoms with Gasteiger partial charge in [0.2, 0.25) is 5.91 Å². The van der Waals surface area contributed by atoms with Gasteiger partial charge in [0.1, 0.15) is 0 Å². The Morgan fingerprint density at radius 3 is 2.40 bits per heavy atom. The predicted molar refractivity (Wildman–Crippen MR) is 157 cm³/mol. The monoisotopic (exact) mass is 554 g/mol. The molecule has 2 N–H and O–H groups in total. The van der Waals surface area contributed by atoms with Gasteiger partial charge < -0.3 is 19.9 Å². The van der Waals surface area contributed by atoms with E-state index in [0.29, 0.717) is 6.54 Å². The summed E-state index contributed by atoms with van der Waals surface area (Å²) in [5, 5.41) is 13.3. The average molecular weight is 555 g/mol. The van der Waals surface area contributed by atoms with E-state index >= 15 is 0 Å². The Morgan fingerprint density at radius 1 is 0.900 bits per heavy atom. The first kappa shape index (κ1) is 28.1. The molecule has 4 aromatic rings. The zero-order valence-electron chi connectivity index (χ0n) is 22.7. The van der Waals surface area contributed by atoms with E-state index < -0.39 is 6.29 Å². The van der Waals surface area contributed by atoms with E-state index in [1.165, 1.54) is 6.92 Å². The number of rotatable bonds is 9. The molecule has 1 aliphatic heterocycles. The molecule has 40 heavy (non-hydrogen) atoms. The molecule has 0 bridgehead atoms. The highest BCUT2D eigenvalue weighted by Gasteiger charge is 2.38. The molecule has 206 valence electrons. The highest BCUT2D eigenvalue weighted by molar-refractivity contribution is 7.99. The first-order valence-electron chi connectivity index (χ1n) is 13.5. The van der Waals surface area contributed by atoms with Crippen LogP contribution in [-0.4, -0.2) is 27.9 Å². The van der Waals surface area contributed by atoms with Gasteiger partial charge in [-0.15, -0.1) is 11.8 Å². The molecule has 1 aliphatic rings. The van der Waals surface area contributed by atoms with Gasteiger partial charge in [-0.05, 0) is 52.1 Å². The summed E-state index contributed by atoms with van der Waals surface area (Å²) in [6, 6.07) is 30.3. The van der Waals surface area contributed by atoms with E-state index in [1.54, 1.807) is 11.8 Å². The maximum atomic E-state index is 11.4. The van der Waals surface area contributed by atoms with Gasteiger partial charge in [0.25, 0.3) is 0 Å². The van der Waals surface area contributed by atoms with Crippen LogP contribution in [0.2, 0.25) is 0 Å². The molecule has 0 saturated carbocycles. The maximum absolute atomic E-state index is 11.4. The second-order valence-corrected chi connectivity index (χ2v) is 11.1. The summed E-state index contributed by atoms with van der Waals surface area (Å²) >= 11 is 1.68. The molecule has 3 aromatic carbocycles. The third-order valence-electron chi connectivity index (χ3n) is 7.12. The summed E-state index contributed by atoms with van der Waals surface area (Å²) in [5.74, 6) is 0.791. The van der Waals surface area contributed by atoms with Gasteiger partial charge in [-0.3, -0.25) is 4.79 Å². The van der Waals surface area contributed by atoms with Crippen molar-refractivity contribution in [1.82, 2.24) is 10.3 Å². The van der Waals surface area contributed by atoms with Gasteiger partial charge in [0.05, 0.1) is 23.8 Å². The highest BCUT2D eigenvalue weighted by Crippen LogP contribution is 2.43. The fourth-order valence-electron chi connectivity index (χ4n) is 4.86. The third kappa shape index (κ3) is 6.98.